The minimum absolute atomic E-state index is 0.477. The molecule has 0 aliphatic heterocycles. The van der Waals surface area contributed by atoms with Crippen molar-refractivity contribution in [2.75, 3.05) is 0 Å². The molecular formula is C18H14Cl3N3. The highest BCUT2D eigenvalue weighted by atomic mass is 35.5. The Kier molecular flexibility index (Phi) is 4.03. The minimum atomic E-state index is 0.477. The number of rotatable bonds is 3. The summed E-state index contributed by atoms with van der Waals surface area (Å²) >= 11 is 18.7. The summed E-state index contributed by atoms with van der Waals surface area (Å²) in [6, 6.07) is 9.39. The number of benzene rings is 2. The van der Waals surface area contributed by atoms with Crippen LogP contribution in [-0.4, -0.2) is 14.5 Å². The van der Waals surface area contributed by atoms with Crippen molar-refractivity contribution >= 4 is 67.9 Å². The molecule has 6 heteroatoms. The molecule has 4 rings (SSSR count). The molecule has 3 nitrogen and oxygen atoms in total. The lowest BCUT2D eigenvalue weighted by Gasteiger charge is -2.07. The lowest BCUT2D eigenvalue weighted by atomic mass is 10.2. The van der Waals surface area contributed by atoms with E-state index in [0.29, 0.717) is 15.1 Å². The van der Waals surface area contributed by atoms with Gasteiger partial charge in [0.15, 0.2) is 5.65 Å². The Morgan fingerprint density at radius 1 is 0.958 bits per heavy atom. The van der Waals surface area contributed by atoms with Gasteiger partial charge >= 0.3 is 0 Å². The standard InChI is InChI=1S/C18H14Cl3N3/c1-2-3-7-24-17-10(5-4-6-11(17)19)16-18(24)23-15-9-13(21)12(20)8-14(15)22-16/h4-6,8-9H,2-3,7H2,1H3. The molecule has 0 saturated carbocycles. The zero-order valence-electron chi connectivity index (χ0n) is 13.0. The summed E-state index contributed by atoms with van der Waals surface area (Å²) in [5.74, 6) is 0. The molecule has 0 radical (unpaired) electrons. The van der Waals surface area contributed by atoms with Gasteiger partial charge in [-0.3, -0.25) is 0 Å². The molecular weight excluding hydrogens is 365 g/mol. The lowest BCUT2D eigenvalue weighted by molar-refractivity contribution is 0.661. The predicted octanol–water partition coefficient (Wildman–Crippen LogP) is 6.50. The van der Waals surface area contributed by atoms with Crippen LogP contribution in [0, 0.1) is 0 Å². The van der Waals surface area contributed by atoms with Crippen LogP contribution in [0.2, 0.25) is 15.1 Å². The van der Waals surface area contributed by atoms with E-state index in [1.807, 2.05) is 18.2 Å². The Morgan fingerprint density at radius 3 is 2.38 bits per heavy atom. The van der Waals surface area contributed by atoms with Crippen LogP contribution in [0.4, 0.5) is 0 Å². The average molecular weight is 379 g/mol. The summed E-state index contributed by atoms with van der Waals surface area (Å²) < 4.78 is 2.16. The zero-order valence-corrected chi connectivity index (χ0v) is 15.3. The van der Waals surface area contributed by atoms with E-state index in [9.17, 15) is 0 Å². The van der Waals surface area contributed by atoms with Crippen LogP contribution in [0.15, 0.2) is 30.3 Å². The molecule has 0 fully saturated rings. The fraction of sp³-hybridized carbons (Fsp3) is 0.222. The third kappa shape index (κ3) is 2.43. The molecule has 0 N–H and O–H groups in total. The van der Waals surface area contributed by atoms with Crippen molar-refractivity contribution in [2.45, 2.75) is 26.3 Å². The highest BCUT2D eigenvalue weighted by Crippen LogP contribution is 2.34. The molecule has 0 spiro atoms. The third-order valence-electron chi connectivity index (χ3n) is 4.19. The van der Waals surface area contributed by atoms with E-state index in [4.69, 9.17) is 44.8 Å². The van der Waals surface area contributed by atoms with Crippen LogP contribution in [0.3, 0.4) is 0 Å². The Bertz CT molecular complexity index is 1090. The van der Waals surface area contributed by atoms with Gasteiger partial charge in [0, 0.05) is 11.9 Å². The molecule has 2 aromatic heterocycles. The Morgan fingerprint density at radius 2 is 1.67 bits per heavy atom. The van der Waals surface area contributed by atoms with Crippen LogP contribution in [0.1, 0.15) is 19.8 Å². The summed E-state index contributed by atoms with van der Waals surface area (Å²) in [5.41, 5.74) is 4.11. The maximum atomic E-state index is 6.48. The van der Waals surface area contributed by atoms with E-state index < -0.39 is 0 Å². The Hall–Kier alpha value is -1.55. The first kappa shape index (κ1) is 15.9. The molecule has 0 bridgehead atoms. The van der Waals surface area contributed by atoms with Crippen molar-refractivity contribution in [3.8, 4) is 0 Å². The Balaban J connectivity index is 2.15. The second kappa shape index (κ2) is 6.07. The number of hydrogen-bond donors (Lipinski definition) is 0. The van der Waals surface area contributed by atoms with Gasteiger partial charge in [-0.2, -0.15) is 0 Å². The van der Waals surface area contributed by atoms with Crippen molar-refractivity contribution < 1.29 is 0 Å². The number of halogens is 3. The first-order valence-electron chi connectivity index (χ1n) is 7.83. The SMILES string of the molecule is CCCCn1c2nc3cc(Cl)c(Cl)cc3nc2c2cccc(Cl)c21. The van der Waals surface area contributed by atoms with Gasteiger partial charge in [0.2, 0.25) is 0 Å². The monoisotopic (exact) mass is 377 g/mol. The summed E-state index contributed by atoms with van der Waals surface area (Å²) in [6.07, 6.45) is 2.14. The molecule has 0 unspecified atom stereocenters. The normalized spacial score (nSPS) is 11.8. The van der Waals surface area contributed by atoms with Gasteiger partial charge in [-0.05, 0) is 24.6 Å². The highest BCUT2D eigenvalue weighted by Gasteiger charge is 2.17. The topological polar surface area (TPSA) is 30.7 Å². The van der Waals surface area contributed by atoms with Gasteiger partial charge in [0.05, 0.1) is 31.6 Å². The number of fused-ring (bicyclic) bond motifs is 4. The van der Waals surface area contributed by atoms with Crippen molar-refractivity contribution in [1.29, 1.82) is 0 Å². The fourth-order valence-corrected chi connectivity index (χ4v) is 3.62. The van der Waals surface area contributed by atoms with E-state index in [1.54, 1.807) is 12.1 Å². The largest absolute Gasteiger partial charge is 0.323 e. The van der Waals surface area contributed by atoms with Crippen LogP contribution in [0.5, 0.6) is 0 Å². The number of hydrogen-bond acceptors (Lipinski definition) is 2. The predicted molar refractivity (Wildman–Crippen MR) is 102 cm³/mol. The second-order valence-electron chi connectivity index (χ2n) is 5.79. The summed E-state index contributed by atoms with van der Waals surface area (Å²) in [6.45, 7) is 3.01. The molecule has 0 aliphatic rings. The molecule has 24 heavy (non-hydrogen) atoms. The maximum Gasteiger partial charge on any atom is 0.160 e. The van der Waals surface area contributed by atoms with Crippen LogP contribution < -0.4 is 0 Å². The molecule has 2 aromatic carbocycles. The van der Waals surface area contributed by atoms with E-state index >= 15 is 0 Å². The van der Waals surface area contributed by atoms with Gasteiger partial charge < -0.3 is 4.57 Å². The molecule has 4 aromatic rings. The van der Waals surface area contributed by atoms with Crippen LogP contribution in [-0.2, 0) is 6.54 Å². The Labute approximate surface area is 154 Å². The maximum absolute atomic E-state index is 6.48. The molecule has 0 aliphatic carbocycles. The number of nitrogens with zero attached hydrogens (tertiary/aromatic N) is 3. The number of aromatic nitrogens is 3. The number of unbranched alkanes of at least 4 members (excludes halogenated alkanes) is 1. The first-order chi connectivity index (χ1) is 11.6. The van der Waals surface area contributed by atoms with Crippen LogP contribution >= 0.6 is 34.8 Å². The quantitative estimate of drug-likeness (QED) is 0.407. The average Bonchev–Trinajstić information content (AvgIpc) is 2.86. The fourth-order valence-electron chi connectivity index (χ4n) is 3.03. The highest BCUT2D eigenvalue weighted by molar-refractivity contribution is 6.42. The lowest BCUT2D eigenvalue weighted by Crippen LogP contribution is -1.99. The molecule has 0 saturated heterocycles. The van der Waals surface area contributed by atoms with Gasteiger partial charge in [-0.1, -0.05) is 60.3 Å². The van der Waals surface area contributed by atoms with Gasteiger partial charge in [0.25, 0.3) is 0 Å². The van der Waals surface area contributed by atoms with Gasteiger partial charge in [0.1, 0.15) is 5.52 Å². The van der Waals surface area contributed by atoms with Crippen molar-refractivity contribution in [3.63, 3.8) is 0 Å². The number of aryl methyl sites for hydroxylation is 1. The summed E-state index contributed by atoms with van der Waals surface area (Å²) in [4.78, 5) is 9.60. The molecule has 122 valence electrons. The number of para-hydroxylation sites is 1. The third-order valence-corrected chi connectivity index (χ3v) is 5.22. The van der Waals surface area contributed by atoms with Crippen molar-refractivity contribution in [2.24, 2.45) is 0 Å². The van der Waals surface area contributed by atoms with Crippen LogP contribution in [0.25, 0.3) is 33.1 Å². The summed E-state index contributed by atoms with van der Waals surface area (Å²) in [7, 11) is 0. The van der Waals surface area contributed by atoms with Gasteiger partial charge in [-0.25, -0.2) is 9.97 Å². The second-order valence-corrected chi connectivity index (χ2v) is 7.01. The van der Waals surface area contributed by atoms with E-state index in [0.717, 1.165) is 52.5 Å². The molecule has 0 atom stereocenters. The minimum Gasteiger partial charge on any atom is -0.323 e. The van der Waals surface area contributed by atoms with Crippen molar-refractivity contribution in [1.82, 2.24) is 14.5 Å². The molecule has 0 amide bonds. The van der Waals surface area contributed by atoms with E-state index in [1.165, 1.54) is 0 Å². The van der Waals surface area contributed by atoms with Gasteiger partial charge in [-0.15, -0.1) is 0 Å². The first-order valence-corrected chi connectivity index (χ1v) is 8.96. The summed E-state index contributed by atoms with van der Waals surface area (Å²) in [5, 5.41) is 2.68. The smallest absolute Gasteiger partial charge is 0.160 e. The van der Waals surface area contributed by atoms with E-state index in [2.05, 4.69) is 11.5 Å². The van der Waals surface area contributed by atoms with Crippen molar-refractivity contribution in [3.05, 3.63) is 45.4 Å². The van der Waals surface area contributed by atoms with E-state index in [-0.39, 0.29) is 0 Å². The molecule has 2 heterocycles. The zero-order chi connectivity index (χ0) is 16.8.